The highest BCUT2D eigenvalue weighted by Gasteiger charge is 2.17. The monoisotopic (exact) mass is 293 g/mol. The van der Waals surface area contributed by atoms with Crippen molar-refractivity contribution in [3.05, 3.63) is 59.4 Å². The number of pyridine rings is 1. The molecule has 0 saturated carbocycles. The van der Waals surface area contributed by atoms with E-state index in [1.165, 1.54) is 0 Å². The van der Waals surface area contributed by atoms with Gasteiger partial charge in [0.15, 0.2) is 5.82 Å². The van der Waals surface area contributed by atoms with Crippen LogP contribution in [0.15, 0.2) is 42.7 Å². The molecule has 22 heavy (non-hydrogen) atoms. The average Bonchev–Trinajstić information content (AvgIpc) is 2.88. The average molecular weight is 293 g/mol. The molecule has 0 unspecified atom stereocenters. The van der Waals surface area contributed by atoms with Crippen molar-refractivity contribution in [3.8, 4) is 11.4 Å². The Hall–Kier alpha value is -3.02. The first-order valence-corrected chi connectivity index (χ1v) is 6.80. The molecule has 6 heteroatoms. The Balaban J connectivity index is 2.02. The Kier molecular flexibility index (Phi) is 3.42. The molecule has 0 spiro atoms. The molecule has 0 aliphatic heterocycles. The largest absolute Gasteiger partial charge is 0.368 e. The molecule has 0 saturated heterocycles. The normalized spacial score (nSPS) is 10.6. The van der Waals surface area contributed by atoms with E-state index in [4.69, 9.17) is 5.73 Å². The van der Waals surface area contributed by atoms with Crippen molar-refractivity contribution < 1.29 is 4.79 Å². The summed E-state index contributed by atoms with van der Waals surface area (Å²) >= 11 is 0. The number of carbonyl (C=O) groups is 1. The lowest BCUT2D eigenvalue weighted by molar-refractivity contribution is 0.0948. The summed E-state index contributed by atoms with van der Waals surface area (Å²) in [5.74, 6) is 0.172. The summed E-state index contributed by atoms with van der Waals surface area (Å²) in [5.41, 5.74) is 9.16. The first-order chi connectivity index (χ1) is 10.5. The Morgan fingerprint density at radius 2 is 1.73 bits per heavy atom. The van der Waals surface area contributed by atoms with Gasteiger partial charge in [0.25, 0.3) is 5.91 Å². The lowest BCUT2D eigenvalue weighted by atomic mass is 10.1. The zero-order chi connectivity index (χ0) is 15.7. The van der Waals surface area contributed by atoms with E-state index in [9.17, 15) is 4.79 Å². The Labute approximate surface area is 127 Å². The van der Waals surface area contributed by atoms with E-state index in [0.29, 0.717) is 11.4 Å². The molecule has 0 aliphatic carbocycles. The predicted molar refractivity (Wildman–Crippen MR) is 83.3 cm³/mol. The summed E-state index contributed by atoms with van der Waals surface area (Å²) in [6, 6.07) is 9.15. The molecule has 2 aromatic heterocycles. The van der Waals surface area contributed by atoms with Crippen LogP contribution in [0.5, 0.6) is 0 Å². The van der Waals surface area contributed by atoms with Crippen LogP contribution in [-0.2, 0) is 0 Å². The highest BCUT2D eigenvalue weighted by molar-refractivity contribution is 5.97. The van der Waals surface area contributed by atoms with Gasteiger partial charge < -0.3 is 5.73 Å². The van der Waals surface area contributed by atoms with E-state index in [2.05, 4.69) is 15.1 Å². The first-order valence-electron chi connectivity index (χ1n) is 6.80. The van der Waals surface area contributed by atoms with Crippen molar-refractivity contribution in [1.29, 1.82) is 0 Å². The van der Waals surface area contributed by atoms with Crippen LogP contribution in [0.2, 0.25) is 0 Å². The van der Waals surface area contributed by atoms with Gasteiger partial charge in [-0.15, -0.1) is 5.10 Å². The van der Waals surface area contributed by atoms with Crippen LogP contribution in [-0.4, -0.2) is 25.7 Å². The molecule has 0 aliphatic rings. The first kappa shape index (κ1) is 13.9. The van der Waals surface area contributed by atoms with Gasteiger partial charge in [-0.3, -0.25) is 9.78 Å². The summed E-state index contributed by atoms with van der Waals surface area (Å²) in [5, 5.41) is 4.22. The van der Waals surface area contributed by atoms with Crippen LogP contribution in [0, 0.1) is 13.8 Å². The number of benzene rings is 1. The third-order valence-corrected chi connectivity index (χ3v) is 3.23. The molecule has 2 heterocycles. The van der Waals surface area contributed by atoms with Gasteiger partial charge in [-0.2, -0.15) is 9.67 Å². The third kappa shape index (κ3) is 2.58. The molecule has 3 aromatic rings. The van der Waals surface area contributed by atoms with Crippen molar-refractivity contribution >= 4 is 11.9 Å². The fourth-order valence-corrected chi connectivity index (χ4v) is 2.32. The number of rotatable bonds is 2. The van der Waals surface area contributed by atoms with Gasteiger partial charge in [0.2, 0.25) is 5.95 Å². The van der Waals surface area contributed by atoms with E-state index in [-0.39, 0.29) is 11.9 Å². The minimum atomic E-state index is -0.294. The topological polar surface area (TPSA) is 86.7 Å². The molecule has 6 nitrogen and oxygen atoms in total. The van der Waals surface area contributed by atoms with Crippen molar-refractivity contribution in [2.75, 3.05) is 5.73 Å². The molecule has 2 N–H and O–H groups in total. The molecule has 3 rings (SSSR count). The van der Waals surface area contributed by atoms with Gasteiger partial charge in [0, 0.05) is 23.5 Å². The van der Waals surface area contributed by atoms with Crippen molar-refractivity contribution in [3.63, 3.8) is 0 Å². The van der Waals surface area contributed by atoms with E-state index < -0.39 is 0 Å². The van der Waals surface area contributed by atoms with Crippen LogP contribution in [0.25, 0.3) is 11.4 Å². The Morgan fingerprint density at radius 1 is 1.09 bits per heavy atom. The number of hydrogen-bond donors (Lipinski definition) is 1. The minimum Gasteiger partial charge on any atom is -0.368 e. The molecule has 0 radical (unpaired) electrons. The number of carbonyl (C=O) groups excluding carboxylic acids is 1. The molecule has 1 aromatic carbocycles. The summed E-state index contributed by atoms with van der Waals surface area (Å²) in [6.07, 6.45) is 3.27. The molecular formula is C16H15N5O. The maximum Gasteiger partial charge on any atom is 0.281 e. The number of nitrogens with zero attached hydrogens (tertiary/aromatic N) is 4. The second-order valence-electron chi connectivity index (χ2n) is 5.12. The van der Waals surface area contributed by atoms with E-state index >= 15 is 0 Å². The molecular weight excluding hydrogens is 278 g/mol. The zero-order valence-corrected chi connectivity index (χ0v) is 12.3. The Morgan fingerprint density at radius 3 is 2.36 bits per heavy atom. The molecule has 0 amide bonds. The van der Waals surface area contributed by atoms with Crippen LogP contribution < -0.4 is 5.73 Å². The van der Waals surface area contributed by atoms with Gasteiger partial charge >= 0.3 is 0 Å². The standard InChI is InChI=1S/C16H15N5O/c1-10-7-11(2)9-13(8-10)15(22)21-16(17)19-14(20-21)12-3-5-18-6-4-12/h3-9H,1-2H3,(H2,17,19,20). The number of aryl methyl sites for hydroxylation is 2. The third-order valence-electron chi connectivity index (χ3n) is 3.23. The second kappa shape index (κ2) is 5.40. The van der Waals surface area contributed by atoms with Crippen LogP contribution in [0.4, 0.5) is 5.95 Å². The highest BCUT2D eigenvalue weighted by Crippen LogP contribution is 2.17. The van der Waals surface area contributed by atoms with Crippen molar-refractivity contribution in [2.45, 2.75) is 13.8 Å². The lowest BCUT2D eigenvalue weighted by Crippen LogP contribution is -2.16. The number of nitrogens with two attached hydrogens (primary N) is 1. The van der Waals surface area contributed by atoms with Gasteiger partial charge in [0.1, 0.15) is 0 Å². The fraction of sp³-hybridized carbons (Fsp3) is 0.125. The van der Waals surface area contributed by atoms with E-state index in [1.807, 2.05) is 32.0 Å². The SMILES string of the molecule is Cc1cc(C)cc(C(=O)n2nc(-c3ccncc3)nc2N)c1. The fourth-order valence-electron chi connectivity index (χ4n) is 2.32. The van der Waals surface area contributed by atoms with E-state index in [0.717, 1.165) is 21.4 Å². The number of anilines is 1. The van der Waals surface area contributed by atoms with Crippen molar-refractivity contribution in [1.82, 2.24) is 19.7 Å². The zero-order valence-electron chi connectivity index (χ0n) is 12.3. The molecule has 0 bridgehead atoms. The molecule has 0 fully saturated rings. The summed E-state index contributed by atoms with van der Waals surface area (Å²) in [4.78, 5) is 20.7. The predicted octanol–water partition coefficient (Wildman–Crippen LogP) is 2.23. The summed E-state index contributed by atoms with van der Waals surface area (Å²) in [7, 11) is 0. The molecule has 0 atom stereocenters. The number of hydrogen-bond acceptors (Lipinski definition) is 5. The summed E-state index contributed by atoms with van der Waals surface area (Å²) in [6.45, 7) is 3.88. The van der Waals surface area contributed by atoms with Gasteiger partial charge in [0.05, 0.1) is 0 Å². The minimum absolute atomic E-state index is 0.0657. The van der Waals surface area contributed by atoms with Gasteiger partial charge in [-0.1, -0.05) is 17.2 Å². The van der Waals surface area contributed by atoms with Crippen LogP contribution in [0.3, 0.4) is 0 Å². The Bertz CT molecular complexity index is 819. The maximum atomic E-state index is 12.6. The van der Waals surface area contributed by atoms with Gasteiger partial charge in [-0.05, 0) is 38.1 Å². The lowest BCUT2D eigenvalue weighted by Gasteiger charge is -2.04. The smallest absolute Gasteiger partial charge is 0.281 e. The second-order valence-corrected chi connectivity index (χ2v) is 5.12. The highest BCUT2D eigenvalue weighted by atomic mass is 16.2. The van der Waals surface area contributed by atoms with E-state index in [1.54, 1.807) is 24.5 Å². The van der Waals surface area contributed by atoms with Gasteiger partial charge in [-0.25, -0.2) is 0 Å². The van der Waals surface area contributed by atoms with Crippen molar-refractivity contribution in [2.24, 2.45) is 0 Å². The number of aromatic nitrogens is 4. The maximum absolute atomic E-state index is 12.6. The summed E-state index contributed by atoms with van der Waals surface area (Å²) < 4.78 is 1.13. The van der Waals surface area contributed by atoms with Crippen LogP contribution in [0.1, 0.15) is 21.5 Å². The quantitative estimate of drug-likeness (QED) is 0.783. The number of nitrogen functional groups attached to an aromatic ring is 1. The molecule has 110 valence electrons. The van der Waals surface area contributed by atoms with Crippen LogP contribution >= 0.6 is 0 Å².